The van der Waals surface area contributed by atoms with Gasteiger partial charge in [0.2, 0.25) is 0 Å². The fourth-order valence-corrected chi connectivity index (χ4v) is 5.38. The van der Waals surface area contributed by atoms with E-state index in [-0.39, 0.29) is 23.1 Å². The number of benzene rings is 1. The molecule has 1 spiro atoms. The summed E-state index contributed by atoms with van der Waals surface area (Å²) in [7, 11) is 1.73. The predicted molar refractivity (Wildman–Crippen MR) is 131 cm³/mol. The minimum absolute atomic E-state index is 0.0521. The third kappa shape index (κ3) is 3.83. The highest BCUT2D eigenvalue weighted by atomic mass is 35.5. The van der Waals surface area contributed by atoms with Gasteiger partial charge in [0.25, 0.3) is 5.91 Å². The molecule has 0 atom stereocenters. The van der Waals surface area contributed by atoms with Gasteiger partial charge in [-0.3, -0.25) is 9.89 Å². The van der Waals surface area contributed by atoms with Crippen molar-refractivity contribution in [2.75, 3.05) is 12.4 Å². The van der Waals surface area contributed by atoms with Gasteiger partial charge in [-0.05, 0) is 31.0 Å². The number of hydrogen-bond donors (Lipinski definition) is 3. The van der Waals surface area contributed by atoms with Crippen LogP contribution in [0.4, 0.5) is 10.5 Å². The molecule has 0 unspecified atom stereocenters. The van der Waals surface area contributed by atoms with Crippen molar-refractivity contribution in [1.82, 2.24) is 20.4 Å². The Labute approximate surface area is 203 Å². The van der Waals surface area contributed by atoms with E-state index in [1.54, 1.807) is 24.1 Å². The first-order chi connectivity index (χ1) is 16.1. The number of carbonyl (C=O) groups is 2. The van der Waals surface area contributed by atoms with Crippen molar-refractivity contribution in [1.29, 1.82) is 0 Å². The van der Waals surface area contributed by atoms with E-state index >= 15 is 0 Å². The van der Waals surface area contributed by atoms with Crippen LogP contribution in [0.3, 0.4) is 0 Å². The fraction of sp³-hybridized carbons (Fsp3) is 0.480. The second-order valence-corrected chi connectivity index (χ2v) is 11.0. The minimum Gasteiger partial charge on any atom is -0.450 e. The van der Waals surface area contributed by atoms with Crippen molar-refractivity contribution >= 4 is 40.2 Å². The van der Waals surface area contributed by atoms with Gasteiger partial charge in [0.05, 0.1) is 28.5 Å². The largest absolute Gasteiger partial charge is 0.450 e. The standard InChI is InChI=1S/C25H30ClN5O3/c1-24(2,3)18-12-15(29-30-18)13-31(4)22(32)17-11-14-10-16(26)20-19(21(14)34-17)25(28-23(33)27-20)8-6-5-7-9-25/h10-12H,5-9,13H2,1-4H3,(H,29,30)(H2,27,28,33). The van der Waals surface area contributed by atoms with Crippen molar-refractivity contribution in [3.63, 3.8) is 0 Å². The van der Waals surface area contributed by atoms with Crippen molar-refractivity contribution in [2.45, 2.75) is 70.4 Å². The number of aromatic nitrogens is 2. The number of anilines is 1. The number of furan rings is 1. The number of nitrogens with zero attached hydrogens (tertiary/aromatic N) is 2. The lowest BCUT2D eigenvalue weighted by molar-refractivity contribution is 0.0753. The molecule has 2 aromatic heterocycles. The SMILES string of the molecule is CN(Cc1cc(C(C)(C)C)[nH]n1)C(=O)c1cc2cc(Cl)c3c(c2o1)C1(CCCCC1)NC(=O)N3. The first kappa shape index (κ1) is 22.8. The van der Waals surface area contributed by atoms with Crippen LogP contribution in [0.25, 0.3) is 11.0 Å². The number of H-pyrrole nitrogens is 1. The molecule has 3 heterocycles. The van der Waals surface area contributed by atoms with Crippen LogP contribution in [-0.2, 0) is 17.5 Å². The monoisotopic (exact) mass is 483 g/mol. The first-order valence-electron chi connectivity index (χ1n) is 11.7. The van der Waals surface area contributed by atoms with E-state index in [9.17, 15) is 9.59 Å². The zero-order valence-corrected chi connectivity index (χ0v) is 20.7. The van der Waals surface area contributed by atoms with Crippen LogP contribution < -0.4 is 10.6 Å². The number of fused-ring (bicyclic) bond motifs is 4. The van der Waals surface area contributed by atoms with Crippen LogP contribution in [0.1, 0.15) is 80.4 Å². The molecule has 2 aliphatic rings. The molecule has 1 aromatic carbocycles. The molecule has 180 valence electrons. The lowest BCUT2D eigenvalue weighted by Crippen LogP contribution is -2.52. The van der Waals surface area contributed by atoms with E-state index in [1.807, 2.05) is 6.07 Å². The molecule has 34 heavy (non-hydrogen) atoms. The first-order valence-corrected chi connectivity index (χ1v) is 12.1. The zero-order chi connectivity index (χ0) is 24.3. The van der Waals surface area contributed by atoms with Gasteiger partial charge in [-0.1, -0.05) is 51.6 Å². The van der Waals surface area contributed by atoms with E-state index in [1.165, 1.54) is 0 Å². The second kappa shape index (κ2) is 8.05. The van der Waals surface area contributed by atoms with Gasteiger partial charge >= 0.3 is 6.03 Å². The molecule has 1 aliphatic carbocycles. The van der Waals surface area contributed by atoms with E-state index in [2.05, 4.69) is 41.6 Å². The molecular weight excluding hydrogens is 454 g/mol. The number of carbonyl (C=O) groups excluding carboxylic acids is 2. The lowest BCUT2D eigenvalue weighted by Gasteiger charge is -2.42. The van der Waals surface area contributed by atoms with Crippen LogP contribution in [0.5, 0.6) is 0 Å². The van der Waals surface area contributed by atoms with Gasteiger partial charge in [0, 0.05) is 29.1 Å². The molecule has 1 saturated carbocycles. The third-order valence-electron chi connectivity index (χ3n) is 6.93. The number of halogens is 1. The topological polar surface area (TPSA) is 103 Å². The Hall–Kier alpha value is -3.00. The van der Waals surface area contributed by atoms with Crippen LogP contribution in [-0.4, -0.2) is 34.1 Å². The number of nitrogens with one attached hydrogen (secondary N) is 3. The fourth-order valence-electron chi connectivity index (χ4n) is 5.12. The van der Waals surface area contributed by atoms with Crippen molar-refractivity contribution in [2.24, 2.45) is 0 Å². The number of aromatic amines is 1. The lowest BCUT2D eigenvalue weighted by atomic mass is 9.74. The summed E-state index contributed by atoms with van der Waals surface area (Å²) in [6.45, 7) is 6.67. The average Bonchev–Trinajstić information content (AvgIpc) is 3.40. The number of rotatable bonds is 3. The Kier molecular flexibility index (Phi) is 5.39. The highest BCUT2D eigenvalue weighted by Gasteiger charge is 2.44. The molecule has 0 bridgehead atoms. The van der Waals surface area contributed by atoms with Gasteiger partial charge in [-0.25, -0.2) is 4.79 Å². The highest BCUT2D eigenvalue weighted by Crippen LogP contribution is 2.49. The van der Waals surface area contributed by atoms with Crippen LogP contribution >= 0.6 is 11.6 Å². The molecule has 0 saturated heterocycles. The number of amides is 3. The van der Waals surface area contributed by atoms with Gasteiger partial charge in [0.1, 0.15) is 5.58 Å². The maximum absolute atomic E-state index is 13.3. The van der Waals surface area contributed by atoms with E-state index in [0.717, 1.165) is 54.4 Å². The summed E-state index contributed by atoms with van der Waals surface area (Å²) >= 11 is 6.60. The van der Waals surface area contributed by atoms with Crippen LogP contribution in [0.2, 0.25) is 5.02 Å². The van der Waals surface area contributed by atoms with Gasteiger partial charge < -0.3 is 20.0 Å². The molecule has 9 heteroatoms. The Bertz CT molecular complexity index is 1280. The molecular formula is C25H30ClN5O3. The smallest absolute Gasteiger partial charge is 0.319 e. The average molecular weight is 484 g/mol. The minimum atomic E-state index is -0.540. The molecule has 3 N–H and O–H groups in total. The summed E-state index contributed by atoms with van der Waals surface area (Å²) in [6, 6.07) is 5.21. The summed E-state index contributed by atoms with van der Waals surface area (Å²) in [5, 5.41) is 14.6. The summed E-state index contributed by atoms with van der Waals surface area (Å²) in [5.74, 6) is -0.0108. The Morgan fingerprint density at radius 3 is 2.62 bits per heavy atom. The summed E-state index contributed by atoms with van der Waals surface area (Å²) in [5.41, 5.74) is 3.22. The molecule has 3 amide bonds. The predicted octanol–water partition coefficient (Wildman–Crippen LogP) is 5.67. The third-order valence-corrected chi connectivity index (χ3v) is 7.23. The number of hydrogen-bond acceptors (Lipinski definition) is 4. The molecule has 5 rings (SSSR count). The van der Waals surface area contributed by atoms with E-state index in [4.69, 9.17) is 16.0 Å². The van der Waals surface area contributed by atoms with Crippen LogP contribution in [0.15, 0.2) is 22.6 Å². The molecule has 0 radical (unpaired) electrons. The summed E-state index contributed by atoms with van der Waals surface area (Å²) in [6.07, 6.45) is 4.75. The maximum atomic E-state index is 13.3. The maximum Gasteiger partial charge on any atom is 0.319 e. The summed E-state index contributed by atoms with van der Waals surface area (Å²) in [4.78, 5) is 27.3. The molecule has 1 fully saturated rings. The van der Waals surface area contributed by atoms with Gasteiger partial charge in [-0.2, -0.15) is 5.10 Å². The molecule has 1 aliphatic heterocycles. The second-order valence-electron chi connectivity index (χ2n) is 10.5. The van der Waals surface area contributed by atoms with Crippen molar-refractivity contribution in [3.8, 4) is 0 Å². The zero-order valence-electron chi connectivity index (χ0n) is 20.0. The van der Waals surface area contributed by atoms with E-state index in [0.29, 0.717) is 22.8 Å². The quantitative estimate of drug-likeness (QED) is 0.446. The van der Waals surface area contributed by atoms with Crippen molar-refractivity contribution in [3.05, 3.63) is 45.9 Å². The van der Waals surface area contributed by atoms with Crippen LogP contribution in [0, 0.1) is 0 Å². The Morgan fingerprint density at radius 1 is 1.21 bits per heavy atom. The van der Waals surface area contributed by atoms with Crippen molar-refractivity contribution < 1.29 is 14.0 Å². The molecule has 8 nitrogen and oxygen atoms in total. The number of urea groups is 1. The van der Waals surface area contributed by atoms with E-state index < -0.39 is 5.54 Å². The normalized spacial score (nSPS) is 17.4. The Balaban J connectivity index is 1.50. The summed E-state index contributed by atoms with van der Waals surface area (Å²) < 4.78 is 6.19. The Morgan fingerprint density at radius 2 is 1.94 bits per heavy atom. The highest BCUT2D eigenvalue weighted by molar-refractivity contribution is 6.35. The van der Waals surface area contributed by atoms with Gasteiger partial charge in [0.15, 0.2) is 5.76 Å². The molecule has 3 aromatic rings. The van der Waals surface area contributed by atoms with Gasteiger partial charge in [-0.15, -0.1) is 0 Å².